The Hall–Kier alpha value is -2.02. The third kappa shape index (κ3) is 0.805. The van der Waals surface area contributed by atoms with E-state index in [9.17, 15) is 5.21 Å². The van der Waals surface area contributed by atoms with Gasteiger partial charge in [-0.05, 0) is 12.1 Å². The maximum atomic E-state index is 9.28. The summed E-state index contributed by atoms with van der Waals surface area (Å²) in [4.78, 5) is 3.90. The van der Waals surface area contributed by atoms with Crippen LogP contribution in [0.5, 0.6) is 0 Å². The molecule has 0 fully saturated rings. The monoisotopic (exact) mass is 159 g/mol. The minimum atomic E-state index is 0.415. The minimum Gasteiger partial charge on any atom is -0.427 e. The van der Waals surface area contributed by atoms with E-state index in [2.05, 4.69) is 4.98 Å². The van der Waals surface area contributed by atoms with Crippen molar-refractivity contribution < 1.29 is 5.21 Å². The van der Waals surface area contributed by atoms with Crippen LogP contribution < -0.4 is 0 Å². The summed E-state index contributed by atoms with van der Waals surface area (Å²) in [6.45, 7) is 0. The van der Waals surface area contributed by atoms with Crippen molar-refractivity contribution in [1.29, 1.82) is 5.26 Å². The van der Waals surface area contributed by atoms with Crippen LogP contribution in [0.2, 0.25) is 0 Å². The van der Waals surface area contributed by atoms with Crippen LogP contribution >= 0.6 is 0 Å². The van der Waals surface area contributed by atoms with E-state index in [-0.39, 0.29) is 0 Å². The van der Waals surface area contributed by atoms with Crippen LogP contribution in [0.15, 0.2) is 24.5 Å². The Balaban J connectivity index is 2.77. The van der Waals surface area contributed by atoms with Crippen LogP contribution in [0.3, 0.4) is 0 Å². The lowest BCUT2D eigenvalue weighted by Crippen LogP contribution is -1.99. The molecule has 0 aromatic rings. The Morgan fingerprint density at radius 2 is 2.42 bits per heavy atom. The van der Waals surface area contributed by atoms with Gasteiger partial charge in [0.05, 0.1) is 11.8 Å². The standard InChI is InChI=1S/C8H5N3O/c9-4-6-3-7-1-2-10-8(7)11(12)5-6/h1-3,5,12H. The summed E-state index contributed by atoms with van der Waals surface area (Å²) >= 11 is 0. The fraction of sp³-hybridized carbons (Fsp3) is 0. The van der Waals surface area contributed by atoms with Crippen LogP contribution in [0.4, 0.5) is 0 Å². The number of nitriles is 1. The lowest BCUT2D eigenvalue weighted by molar-refractivity contribution is 0.186. The van der Waals surface area contributed by atoms with Crippen LogP contribution in [0.25, 0.3) is 11.4 Å². The highest BCUT2D eigenvalue weighted by Crippen LogP contribution is 2.19. The Bertz CT molecular complexity index is 427. The van der Waals surface area contributed by atoms with E-state index < -0.39 is 0 Å². The zero-order valence-corrected chi connectivity index (χ0v) is 6.10. The third-order valence-corrected chi connectivity index (χ3v) is 1.63. The van der Waals surface area contributed by atoms with Crippen molar-refractivity contribution in [3.05, 3.63) is 30.1 Å². The molecular weight excluding hydrogens is 154 g/mol. The Morgan fingerprint density at radius 3 is 3.17 bits per heavy atom. The van der Waals surface area contributed by atoms with Crippen molar-refractivity contribution in [1.82, 2.24) is 9.71 Å². The van der Waals surface area contributed by atoms with Gasteiger partial charge in [-0.1, -0.05) is 0 Å². The quantitative estimate of drug-likeness (QED) is 0.585. The van der Waals surface area contributed by atoms with Gasteiger partial charge in [0.1, 0.15) is 6.07 Å². The highest BCUT2D eigenvalue weighted by molar-refractivity contribution is 5.59. The smallest absolute Gasteiger partial charge is 0.175 e. The van der Waals surface area contributed by atoms with Crippen molar-refractivity contribution in [2.75, 3.05) is 0 Å². The van der Waals surface area contributed by atoms with Crippen LogP contribution in [-0.4, -0.2) is 14.9 Å². The molecule has 2 aliphatic heterocycles. The molecular formula is C8H5N3O. The largest absolute Gasteiger partial charge is 0.427 e. The van der Waals surface area contributed by atoms with E-state index in [0.29, 0.717) is 11.4 Å². The van der Waals surface area contributed by atoms with Gasteiger partial charge in [-0.3, -0.25) is 0 Å². The van der Waals surface area contributed by atoms with E-state index in [1.807, 2.05) is 6.07 Å². The summed E-state index contributed by atoms with van der Waals surface area (Å²) < 4.78 is 0.855. The van der Waals surface area contributed by atoms with Crippen molar-refractivity contribution >= 4 is 0 Å². The number of hydrogen-bond acceptors (Lipinski definition) is 3. The topological polar surface area (TPSA) is 61.8 Å². The zero-order valence-electron chi connectivity index (χ0n) is 6.10. The van der Waals surface area contributed by atoms with Gasteiger partial charge in [0, 0.05) is 11.8 Å². The molecule has 2 rings (SSSR count). The lowest BCUT2D eigenvalue weighted by atomic mass is 10.2. The molecule has 0 amide bonds. The molecule has 0 atom stereocenters. The SMILES string of the molecule is N#Cc1cc2ccnc-2n(O)c1. The van der Waals surface area contributed by atoms with Crippen LogP contribution in [0.1, 0.15) is 5.56 Å². The highest BCUT2D eigenvalue weighted by Gasteiger charge is 2.08. The molecule has 0 aromatic heterocycles. The molecule has 0 unspecified atom stereocenters. The number of nitrogens with zero attached hydrogens (tertiary/aromatic N) is 3. The first-order chi connectivity index (χ1) is 5.81. The number of rotatable bonds is 0. The third-order valence-electron chi connectivity index (χ3n) is 1.63. The number of fused-ring (bicyclic) bond motifs is 1. The lowest BCUT2D eigenvalue weighted by Gasteiger charge is -2.03. The zero-order chi connectivity index (χ0) is 8.55. The second-order valence-corrected chi connectivity index (χ2v) is 2.41. The number of pyridine rings is 1. The first-order valence-electron chi connectivity index (χ1n) is 3.38. The highest BCUT2D eigenvalue weighted by atomic mass is 16.5. The molecule has 0 bridgehead atoms. The van der Waals surface area contributed by atoms with E-state index in [4.69, 9.17) is 5.26 Å². The Kier molecular flexibility index (Phi) is 1.25. The maximum absolute atomic E-state index is 9.28. The first-order valence-corrected chi connectivity index (χ1v) is 3.38. The van der Waals surface area contributed by atoms with E-state index in [1.165, 1.54) is 6.20 Å². The number of hydrogen-bond donors (Lipinski definition) is 1. The molecule has 58 valence electrons. The molecule has 0 saturated heterocycles. The molecule has 12 heavy (non-hydrogen) atoms. The van der Waals surface area contributed by atoms with Crippen molar-refractivity contribution in [3.63, 3.8) is 0 Å². The van der Waals surface area contributed by atoms with Gasteiger partial charge < -0.3 is 5.21 Å². The molecule has 0 aliphatic carbocycles. The summed E-state index contributed by atoms with van der Waals surface area (Å²) in [7, 11) is 0. The van der Waals surface area contributed by atoms with Gasteiger partial charge in [0.2, 0.25) is 0 Å². The fourth-order valence-corrected chi connectivity index (χ4v) is 1.10. The normalized spacial score (nSPS) is 9.92. The predicted molar refractivity (Wildman–Crippen MR) is 40.7 cm³/mol. The summed E-state index contributed by atoms with van der Waals surface area (Å²) in [5.41, 5.74) is 1.18. The molecule has 4 heteroatoms. The molecule has 4 nitrogen and oxygen atoms in total. The van der Waals surface area contributed by atoms with Crippen molar-refractivity contribution in [2.45, 2.75) is 0 Å². The average molecular weight is 159 g/mol. The van der Waals surface area contributed by atoms with Gasteiger partial charge >= 0.3 is 0 Å². The van der Waals surface area contributed by atoms with Gasteiger partial charge in [-0.15, -0.1) is 0 Å². The Labute approximate surface area is 68.6 Å². The molecule has 0 aromatic carbocycles. The van der Waals surface area contributed by atoms with E-state index >= 15 is 0 Å². The predicted octanol–water partition coefficient (Wildman–Crippen LogP) is 1.10. The minimum absolute atomic E-state index is 0.415. The van der Waals surface area contributed by atoms with Crippen LogP contribution in [-0.2, 0) is 0 Å². The van der Waals surface area contributed by atoms with Gasteiger partial charge in [-0.25, -0.2) is 4.98 Å². The Morgan fingerprint density at radius 1 is 1.58 bits per heavy atom. The van der Waals surface area contributed by atoms with Gasteiger partial charge in [0.15, 0.2) is 5.82 Å². The summed E-state index contributed by atoms with van der Waals surface area (Å²) in [5.74, 6) is 0.467. The van der Waals surface area contributed by atoms with Crippen molar-refractivity contribution in [2.24, 2.45) is 0 Å². The summed E-state index contributed by atoms with van der Waals surface area (Å²) in [6, 6.07) is 5.36. The van der Waals surface area contributed by atoms with Crippen molar-refractivity contribution in [3.8, 4) is 17.5 Å². The average Bonchev–Trinajstić information content (AvgIpc) is 2.52. The number of aromatic nitrogens is 2. The summed E-state index contributed by atoms with van der Waals surface area (Å²) in [5, 5.41) is 17.8. The fourth-order valence-electron chi connectivity index (χ4n) is 1.10. The molecule has 0 radical (unpaired) electrons. The summed E-state index contributed by atoms with van der Waals surface area (Å²) in [6.07, 6.45) is 2.91. The van der Waals surface area contributed by atoms with Gasteiger partial charge in [0.25, 0.3) is 0 Å². The molecule has 2 aliphatic rings. The molecule has 0 spiro atoms. The van der Waals surface area contributed by atoms with Crippen LogP contribution in [0, 0.1) is 11.3 Å². The molecule has 0 saturated carbocycles. The maximum Gasteiger partial charge on any atom is 0.175 e. The second-order valence-electron chi connectivity index (χ2n) is 2.41. The second kappa shape index (κ2) is 2.24. The molecule has 1 N–H and O–H groups in total. The first kappa shape index (κ1) is 6.68. The van der Waals surface area contributed by atoms with E-state index in [1.54, 1.807) is 18.3 Å². The van der Waals surface area contributed by atoms with Gasteiger partial charge in [-0.2, -0.15) is 9.99 Å². The van der Waals surface area contributed by atoms with E-state index in [0.717, 1.165) is 10.3 Å². The molecule has 2 heterocycles.